The van der Waals surface area contributed by atoms with E-state index in [9.17, 15) is 19.7 Å². The maximum Gasteiger partial charge on any atom is 0.341 e. The summed E-state index contributed by atoms with van der Waals surface area (Å²) in [6.07, 6.45) is -0.374. The number of carbonyl (C=O) groups is 2. The van der Waals surface area contributed by atoms with Gasteiger partial charge in [0.1, 0.15) is 0 Å². The van der Waals surface area contributed by atoms with Crippen molar-refractivity contribution in [1.82, 2.24) is 5.32 Å². The van der Waals surface area contributed by atoms with Gasteiger partial charge in [0.25, 0.3) is 11.6 Å². The number of rotatable bonds is 8. The Bertz CT molecular complexity index is 852. The van der Waals surface area contributed by atoms with E-state index >= 15 is 0 Å². The van der Waals surface area contributed by atoms with Crippen molar-refractivity contribution in [2.75, 3.05) is 25.5 Å². The lowest BCUT2D eigenvalue weighted by atomic mass is 10.1. The molecule has 0 heterocycles. The number of nitrogens with one attached hydrogen (secondary N) is 1. The van der Waals surface area contributed by atoms with Crippen LogP contribution in [0.4, 0.5) is 11.4 Å². The topological polar surface area (TPSA) is 102 Å². The molecule has 0 saturated heterocycles. The Morgan fingerprint density at radius 3 is 2.46 bits per heavy atom. The van der Waals surface area contributed by atoms with Crippen molar-refractivity contribution in [1.29, 1.82) is 0 Å². The van der Waals surface area contributed by atoms with Crippen LogP contribution in [0.2, 0.25) is 0 Å². The predicted octanol–water partition coefficient (Wildman–Crippen LogP) is 2.57. The third-order valence-electron chi connectivity index (χ3n) is 4.10. The maximum atomic E-state index is 12.5. The summed E-state index contributed by atoms with van der Waals surface area (Å²) in [5, 5.41) is 13.7. The summed E-state index contributed by atoms with van der Waals surface area (Å²) < 4.78 is 5.23. The maximum absolute atomic E-state index is 12.5. The van der Waals surface area contributed by atoms with Crippen LogP contribution in [-0.4, -0.2) is 43.5 Å². The molecule has 1 atom stereocenters. The highest BCUT2D eigenvalue weighted by molar-refractivity contribution is 5.98. The minimum Gasteiger partial charge on any atom is -0.449 e. The standard InChI is InChI=1S/C20H23N3O5/c1-14(19(24)21-12-11-15-7-5-4-6-8-15)28-20(25)17-13-16(23(26)27)9-10-18(17)22(2)3/h4-10,13-14H,11-12H2,1-3H3,(H,21,24)/t14-/m0/s1. The van der Waals surface area contributed by atoms with Gasteiger partial charge in [-0.25, -0.2) is 4.79 Å². The highest BCUT2D eigenvalue weighted by Crippen LogP contribution is 2.25. The third-order valence-corrected chi connectivity index (χ3v) is 4.10. The van der Waals surface area contributed by atoms with Gasteiger partial charge in [-0.3, -0.25) is 14.9 Å². The monoisotopic (exact) mass is 385 g/mol. The highest BCUT2D eigenvalue weighted by Gasteiger charge is 2.23. The number of carbonyl (C=O) groups excluding carboxylic acids is 2. The number of non-ortho nitro benzene ring substituents is 1. The first-order chi connectivity index (χ1) is 13.3. The van der Waals surface area contributed by atoms with Gasteiger partial charge in [-0.2, -0.15) is 0 Å². The van der Waals surface area contributed by atoms with E-state index in [1.807, 2.05) is 30.3 Å². The van der Waals surface area contributed by atoms with Gasteiger partial charge < -0.3 is 15.0 Å². The molecule has 0 aliphatic rings. The van der Waals surface area contributed by atoms with Gasteiger partial charge in [0.2, 0.25) is 0 Å². The number of anilines is 1. The number of esters is 1. The molecular formula is C20H23N3O5. The van der Waals surface area contributed by atoms with Crippen LogP contribution in [0.15, 0.2) is 48.5 Å². The van der Waals surface area contributed by atoms with Crippen molar-refractivity contribution >= 4 is 23.3 Å². The first-order valence-corrected chi connectivity index (χ1v) is 8.78. The Kier molecular flexibility index (Phi) is 7.08. The van der Waals surface area contributed by atoms with E-state index < -0.39 is 22.9 Å². The molecule has 28 heavy (non-hydrogen) atoms. The fourth-order valence-electron chi connectivity index (χ4n) is 2.59. The minimum atomic E-state index is -1.03. The molecule has 0 aliphatic carbocycles. The van der Waals surface area contributed by atoms with Crippen LogP contribution in [0.1, 0.15) is 22.8 Å². The second-order valence-electron chi connectivity index (χ2n) is 6.43. The number of ether oxygens (including phenoxy) is 1. The van der Waals surface area contributed by atoms with E-state index in [2.05, 4.69) is 5.32 Å². The number of hydrogen-bond donors (Lipinski definition) is 1. The molecule has 0 spiro atoms. The Hall–Kier alpha value is -3.42. The molecule has 0 saturated carbocycles. The summed E-state index contributed by atoms with van der Waals surface area (Å²) in [4.78, 5) is 36.7. The van der Waals surface area contributed by atoms with Gasteiger partial charge in [0.15, 0.2) is 6.10 Å². The zero-order valence-electron chi connectivity index (χ0n) is 16.0. The van der Waals surface area contributed by atoms with Crippen molar-refractivity contribution in [2.45, 2.75) is 19.4 Å². The fraction of sp³-hybridized carbons (Fsp3) is 0.300. The third kappa shape index (κ3) is 5.54. The van der Waals surface area contributed by atoms with Crippen LogP contribution in [0, 0.1) is 10.1 Å². The van der Waals surface area contributed by atoms with Gasteiger partial charge in [0.05, 0.1) is 16.2 Å². The van der Waals surface area contributed by atoms with Crippen LogP contribution in [0.25, 0.3) is 0 Å². The smallest absolute Gasteiger partial charge is 0.341 e. The van der Waals surface area contributed by atoms with Crippen LogP contribution >= 0.6 is 0 Å². The van der Waals surface area contributed by atoms with Gasteiger partial charge >= 0.3 is 5.97 Å². The Balaban J connectivity index is 1.99. The average molecular weight is 385 g/mol. The number of nitrogens with zero attached hydrogens (tertiary/aromatic N) is 2. The zero-order chi connectivity index (χ0) is 20.7. The zero-order valence-corrected chi connectivity index (χ0v) is 16.0. The normalized spacial score (nSPS) is 11.4. The summed E-state index contributed by atoms with van der Waals surface area (Å²) >= 11 is 0. The molecule has 2 aromatic rings. The lowest BCUT2D eigenvalue weighted by Crippen LogP contribution is -2.37. The number of hydrogen-bond acceptors (Lipinski definition) is 6. The van der Waals surface area contributed by atoms with Crippen LogP contribution in [-0.2, 0) is 16.0 Å². The van der Waals surface area contributed by atoms with Crippen LogP contribution < -0.4 is 10.2 Å². The summed E-state index contributed by atoms with van der Waals surface area (Å²) in [5.41, 5.74) is 1.35. The number of nitro groups is 1. The number of amides is 1. The molecule has 1 N–H and O–H groups in total. The van der Waals surface area contributed by atoms with Crippen molar-refractivity contribution in [3.05, 3.63) is 69.8 Å². The SMILES string of the molecule is C[C@H](OC(=O)c1cc([N+](=O)[O-])ccc1N(C)C)C(=O)NCCc1ccccc1. The second-order valence-corrected chi connectivity index (χ2v) is 6.43. The number of nitro benzene ring substituents is 1. The first-order valence-electron chi connectivity index (χ1n) is 8.78. The molecule has 2 aromatic carbocycles. The summed E-state index contributed by atoms with van der Waals surface area (Å²) in [6.45, 7) is 1.87. The fourth-order valence-corrected chi connectivity index (χ4v) is 2.59. The Morgan fingerprint density at radius 2 is 1.86 bits per heavy atom. The van der Waals surface area contributed by atoms with Crippen molar-refractivity contribution in [3.8, 4) is 0 Å². The van der Waals surface area contributed by atoms with Crippen molar-refractivity contribution < 1.29 is 19.2 Å². The largest absolute Gasteiger partial charge is 0.449 e. The molecule has 8 heteroatoms. The highest BCUT2D eigenvalue weighted by atomic mass is 16.6. The molecule has 0 unspecified atom stereocenters. The Morgan fingerprint density at radius 1 is 1.18 bits per heavy atom. The second kappa shape index (κ2) is 9.50. The van der Waals surface area contributed by atoms with Gasteiger partial charge in [0, 0.05) is 32.8 Å². The van der Waals surface area contributed by atoms with Crippen molar-refractivity contribution in [2.24, 2.45) is 0 Å². The van der Waals surface area contributed by atoms with E-state index in [4.69, 9.17) is 4.74 Å². The van der Waals surface area contributed by atoms with E-state index in [0.717, 1.165) is 11.6 Å². The molecule has 0 bridgehead atoms. The predicted molar refractivity (Wildman–Crippen MR) is 105 cm³/mol. The van der Waals surface area contributed by atoms with Gasteiger partial charge in [-0.15, -0.1) is 0 Å². The van der Waals surface area contributed by atoms with Crippen molar-refractivity contribution in [3.63, 3.8) is 0 Å². The summed E-state index contributed by atoms with van der Waals surface area (Å²) in [6, 6.07) is 13.6. The van der Waals surface area contributed by atoms with Crippen LogP contribution in [0.3, 0.4) is 0 Å². The molecule has 0 aliphatic heterocycles. The molecule has 2 rings (SSSR count). The molecule has 0 aromatic heterocycles. The quantitative estimate of drug-likeness (QED) is 0.426. The molecule has 0 fully saturated rings. The average Bonchev–Trinajstić information content (AvgIpc) is 2.67. The Labute approximate surface area is 163 Å². The van der Waals surface area contributed by atoms with Crippen LogP contribution in [0.5, 0.6) is 0 Å². The summed E-state index contributed by atoms with van der Waals surface area (Å²) in [7, 11) is 3.41. The van der Waals surface area contributed by atoms with Gasteiger partial charge in [-0.05, 0) is 25.0 Å². The van der Waals surface area contributed by atoms with E-state index in [-0.39, 0.29) is 11.3 Å². The lowest BCUT2D eigenvalue weighted by Gasteiger charge is -2.18. The van der Waals surface area contributed by atoms with Gasteiger partial charge in [-0.1, -0.05) is 30.3 Å². The number of benzene rings is 2. The van der Waals surface area contributed by atoms with E-state index in [0.29, 0.717) is 18.7 Å². The molecule has 1 amide bonds. The molecule has 148 valence electrons. The lowest BCUT2D eigenvalue weighted by molar-refractivity contribution is -0.384. The van der Waals surface area contributed by atoms with E-state index in [1.165, 1.54) is 19.1 Å². The molecule has 8 nitrogen and oxygen atoms in total. The summed E-state index contributed by atoms with van der Waals surface area (Å²) in [5.74, 6) is -1.22. The minimum absolute atomic E-state index is 0.0307. The molecular weight excluding hydrogens is 362 g/mol. The van der Waals surface area contributed by atoms with E-state index in [1.54, 1.807) is 19.0 Å². The first kappa shape index (κ1) is 20.9. The molecule has 0 radical (unpaired) electrons.